The first-order valence-electron chi connectivity index (χ1n) is 7.96. The first-order chi connectivity index (χ1) is 9.97. The van der Waals surface area contributed by atoms with E-state index in [4.69, 9.17) is 0 Å². The zero-order valence-electron chi connectivity index (χ0n) is 13.5. The van der Waals surface area contributed by atoms with Gasteiger partial charge >= 0.3 is 0 Å². The number of nitrogens with zero attached hydrogens (tertiary/aromatic N) is 3. The zero-order valence-corrected chi connectivity index (χ0v) is 13.5. The summed E-state index contributed by atoms with van der Waals surface area (Å²) in [7, 11) is 1.97. The molecule has 0 bridgehead atoms. The van der Waals surface area contributed by atoms with E-state index in [9.17, 15) is 4.79 Å². The average Bonchev–Trinajstić information content (AvgIpc) is 3.08. The van der Waals surface area contributed by atoms with Crippen molar-refractivity contribution in [3.05, 3.63) is 17.0 Å². The molecule has 0 spiro atoms. The molecule has 3 rings (SSSR count). The van der Waals surface area contributed by atoms with Crippen LogP contribution in [0.1, 0.15) is 23.9 Å². The second-order valence-electron chi connectivity index (χ2n) is 6.80. The van der Waals surface area contributed by atoms with Gasteiger partial charge in [0.05, 0.1) is 5.69 Å². The van der Waals surface area contributed by atoms with Crippen molar-refractivity contribution in [3.63, 3.8) is 0 Å². The Morgan fingerprint density at radius 1 is 1.33 bits per heavy atom. The minimum absolute atomic E-state index is 0.0402. The van der Waals surface area contributed by atoms with E-state index in [2.05, 4.69) is 29.2 Å². The Morgan fingerprint density at radius 3 is 2.48 bits per heavy atom. The van der Waals surface area contributed by atoms with Crippen LogP contribution >= 0.6 is 0 Å². The van der Waals surface area contributed by atoms with E-state index in [0.29, 0.717) is 17.7 Å². The number of carbonyl (C=O) groups is 1. The maximum absolute atomic E-state index is 12.7. The van der Waals surface area contributed by atoms with Crippen molar-refractivity contribution in [2.24, 2.45) is 24.8 Å². The van der Waals surface area contributed by atoms with Crippen molar-refractivity contribution in [3.8, 4) is 0 Å². The van der Waals surface area contributed by atoms with E-state index in [1.54, 1.807) is 0 Å². The summed E-state index contributed by atoms with van der Waals surface area (Å²) in [6, 6.07) is 0. The minimum atomic E-state index is 0.0402. The molecule has 0 aliphatic carbocycles. The molecular weight excluding hydrogens is 264 g/mol. The second-order valence-corrected chi connectivity index (χ2v) is 6.80. The molecule has 1 aromatic rings. The maximum atomic E-state index is 12.7. The third-order valence-corrected chi connectivity index (χ3v) is 5.29. The van der Waals surface area contributed by atoms with Crippen molar-refractivity contribution < 1.29 is 4.79 Å². The van der Waals surface area contributed by atoms with Crippen molar-refractivity contribution >= 4 is 5.91 Å². The lowest BCUT2D eigenvalue weighted by Crippen LogP contribution is -2.36. The molecule has 2 aliphatic heterocycles. The molecule has 2 aliphatic rings. The molecule has 2 saturated heterocycles. The smallest absolute Gasteiger partial charge is 0.225 e. The zero-order chi connectivity index (χ0) is 15.1. The van der Waals surface area contributed by atoms with Gasteiger partial charge in [0.15, 0.2) is 0 Å². The molecule has 1 amide bonds. The predicted octanol–water partition coefficient (Wildman–Crippen LogP) is 0.893. The van der Waals surface area contributed by atoms with Gasteiger partial charge in [0.2, 0.25) is 5.91 Å². The summed E-state index contributed by atoms with van der Waals surface area (Å²) in [5, 5.41) is 7.87. The summed E-state index contributed by atoms with van der Waals surface area (Å²) in [6.45, 7) is 10.2. The number of fused-ring (bicyclic) bond motifs is 1. The molecule has 0 aromatic carbocycles. The van der Waals surface area contributed by atoms with Gasteiger partial charge in [-0.2, -0.15) is 5.10 Å². The van der Waals surface area contributed by atoms with Crippen molar-refractivity contribution in [2.45, 2.75) is 27.2 Å². The third kappa shape index (κ3) is 2.59. The van der Waals surface area contributed by atoms with Crippen LogP contribution in [0.3, 0.4) is 0 Å². The number of hydrogen-bond acceptors (Lipinski definition) is 3. The lowest BCUT2D eigenvalue weighted by molar-refractivity contribution is -0.134. The van der Waals surface area contributed by atoms with Gasteiger partial charge in [0.25, 0.3) is 0 Å². The summed E-state index contributed by atoms with van der Waals surface area (Å²) in [6.07, 6.45) is 0.800. The molecule has 0 saturated carbocycles. The van der Waals surface area contributed by atoms with E-state index in [1.807, 2.05) is 18.7 Å². The lowest BCUT2D eigenvalue weighted by atomic mass is 9.98. The number of rotatable bonds is 3. The lowest BCUT2D eigenvalue weighted by Gasteiger charge is -2.22. The third-order valence-electron chi connectivity index (χ3n) is 5.29. The molecule has 1 N–H and O–H groups in total. The SMILES string of the molecule is Cc1nn(C)c(C)c1CC(C)C(=O)N1C[C@H]2CNC[C@H]2C1. The van der Waals surface area contributed by atoms with Crippen LogP contribution < -0.4 is 5.32 Å². The molecule has 5 nitrogen and oxygen atoms in total. The molecule has 1 aromatic heterocycles. The quantitative estimate of drug-likeness (QED) is 0.899. The highest BCUT2D eigenvalue weighted by Crippen LogP contribution is 2.28. The Kier molecular flexibility index (Phi) is 3.78. The number of amides is 1. The van der Waals surface area contributed by atoms with Gasteiger partial charge in [0, 0.05) is 44.8 Å². The number of likely N-dealkylation sites (tertiary alicyclic amines) is 1. The molecule has 3 atom stereocenters. The fourth-order valence-electron chi connectivity index (χ4n) is 3.85. The normalized spacial score (nSPS) is 26.2. The van der Waals surface area contributed by atoms with Crippen LogP contribution in [-0.2, 0) is 18.3 Å². The van der Waals surface area contributed by atoms with Crippen LogP contribution in [0.25, 0.3) is 0 Å². The van der Waals surface area contributed by atoms with E-state index in [1.165, 1.54) is 11.3 Å². The van der Waals surface area contributed by atoms with Crippen LogP contribution in [-0.4, -0.2) is 46.8 Å². The first kappa shape index (κ1) is 14.6. The monoisotopic (exact) mass is 290 g/mol. The van der Waals surface area contributed by atoms with Crippen LogP contribution in [0.4, 0.5) is 0 Å². The van der Waals surface area contributed by atoms with Crippen molar-refractivity contribution in [1.29, 1.82) is 0 Å². The van der Waals surface area contributed by atoms with Gasteiger partial charge in [-0.25, -0.2) is 0 Å². The highest BCUT2D eigenvalue weighted by molar-refractivity contribution is 5.79. The average molecular weight is 290 g/mol. The molecule has 1 unspecified atom stereocenters. The standard InChI is InChI=1S/C16H26N4O/c1-10(5-15-11(2)18-19(4)12(15)3)16(21)20-8-13-6-17-7-14(13)9-20/h10,13-14,17H,5-9H2,1-4H3/t10?,13-,14+. The Morgan fingerprint density at radius 2 is 1.95 bits per heavy atom. The number of carbonyl (C=O) groups excluding carboxylic acids is 1. The van der Waals surface area contributed by atoms with E-state index < -0.39 is 0 Å². The topological polar surface area (TPSA) is 50.2 Å². The number of nitrogens with one attached hydrogen (secondary N) is 1. The Labute approximate surface area is 126 Å². The van der Waals surface area contributed by atoms with Crippen LogP contribution in [0.5, 0.6) is 0 Å². The fourth-order valence-corrected chi connectivity index (χ4v) is 3.85. The molecule has 2 fully saturated rings. The summed E-state index contributed by atoms with van der Waals surface area (Å²) >= 11 is 0. The second kappa shape index (κ2) is 5.44. The first-order valence-corrected chi connectivity index (χ1v) is 7.96. The molecule has 21 heavy (non-hydrogen) atoms. The van der Waals surface area contributed by atoms with E-state index >= 15 is 0 Å². The van der Waals surface area contributed by atoms with Gasteiger partial charge in [-0.05, 0) is 37.7 Å². The fraction of sp³-hybridized carbons (Fsp3) is 0.750. The largest absolute Gasteiger partial charge is 0.342 e. The Balaban J connectivity index is 1.65. The highest BCUT2D eigenvalue weighted by Gasteiger charge is 2.39. The highest BCUT2D eigenvalue weighted by atomic mass is 16.2. The van der Waals surface area contributed by atoms with Gasteiger partial charge in [-0.1, -0.05) is 6.92 Å². The molecular formula is C16H26N4O. The van der Waals surface area contributed by atoms with Crippen LogP contribution in [0, 0.1) is 31.6 Å². The number of aromatic nitrogens is 2. The predicted molar refractivity (Wildman–Crippen MR) is 82.0 cm³/mol. The van der Waals surface area contributed by atoms with Gasteiger partial charge in [-0.3, -0.25) is 9.48 Å². The molecule has 0 radical (unpaired) electrons. The van der Waals surface area contributed by atoms with E-state index in [0.717, 1.165) is 38.3 Å². The maximum Gasteiger partial charge on any atom is 0.225 e. The summed E-state index contributed by atoms with van der Waals surface area (Å²) in [4.78, 5) is 14.8. The van der Waals surface area contributed by atoms with Gasteiger partial charge in [0.1, 0.15) is 0 Å². The number of aryl methyl sites for hydroxylation is 2. The summed E-state index contributed by atoms with van der Waals surface area (Å²) in [5.74, 6) is 1.69. The number of hydrogen-bond donors (Lipinski definition) is 1. The van der Waals surface area contributed by atoms with Crippen molar-refractivity contribution in [2.75, 3.05) is 26.2 Å². The molecule has 116 valence electrons. The summed E-state index contributed by atoms with van der Waals surface area (Å²) in [5.41, 5.74) is 3.46. The van der Waals surface area contributed by atoms with E-state index in [-0.39, 0.29) is 5.92 Å². The Bertz CT molecular complexity index is 539. The van der Waals surface area contributed by atoms with Crippen LogP contribution in [0.2, 0.25) is 0 Å². The van der Waals surface area contributed by atoms with Crippen molar-refractivity contribution in [1.82, 2.24) is 20.0 Å². The Hall–Kier alpha value is -1.36. The van der Waals surface area contributed by atoms with Gasteiger partial charge in [-0.15, -0.1) is 0 Å². The van der Waals surface area contributed by atoms with Gasteiger partial charge < -0.3 is 10.2 Å². The minimum Gasteiger partial charge on any atom is -0.342 e. The van der Waals surface area contributed by atoms with Crippen LogP contribution in [0.15, 0.2) is 0 Å². The molecule has 3 heterocycles. The molecule has 5 heteroatoms. The summed E-state index contributed by atoms with van der Waals surface area (Å²) < 4.78 is 1.91.